The summed E-state index contributed by atoms with van der Waals surface area (Å²) in [6, 6.07) is 10.4. The predicted molar refractivity (Wildman–Crippen MR) is 111 cm³/mol. The van der Waals surface area contributed by atoms with Gasteiger partial charge in [-0.3, -0.25) is 9.69 Å². The summed E-state index contributed by atoms with van der Waals surface area (Å²) in [4.78, 5) is 19.2. The van der Waals surface area contributed by atoms with Crippen LogP contribution in [0.5, 0.6) is 0 Å². The van der Waals surface area contributed by atoms with Gasteiger partial charge in [0.25, 0.3) is 5.91 Å². The Balaban J connectivity index is 1.70. The van der Waals surface area contributed by atoms with Crippen LogP contribution in [0.3, 0.4) is 0 Å². The minimum Gasteiger partial charge on any atom is -0.360 e. The van der Waals surface area contributed by atoms with E-state index in [1.165, 1.54) is 49.9 Å². The minimum atomic E-state index is -0.170. The summed E-state index contributed by atoms with van der Waals surface area (Å²) in [5.41, 5.74) is 8.11. The molecule has 1 unspecified atom stereocenters. The van der Waals surface area contributed by atoms with Crippen LogP contribution >= 0.6 is 11.3 Å². The number of amides is 1. The number of carbonyl (C=O) groups excluding carboxylic acids is 1. The quantitative estimate of drug-likeness (QED) is 0.426. The second-order valence-corrected chi connectivity index (χ2v) is 8.15. The summed E-state index contributed by atoms with van der Waals surface area (Å²) in [6.45, 7) is 4.34. The third-order valence-corrected chi connectivity index (χ3v) is 6.80. The summed E-state index contributed by atoms with van der Waals surface area (Å²) in [7, 11) is 0. The van der Waals surface area contributed by atoms with E-state index in [4.69, 9.17) is 0 Å². The van der Waals surface area contributed by atoms with Gasteiger partial charge in [-0.15, -0.1) is 11.3 Å². The number of para-hydroxylation sites is 1. The second kappa shape index (κ2) is 5.02. The molecular formula is C22H17N3OS. The van der Waals surface area contributed by atoms with Crippen molar-refractivity contribution in [2.75, 3.05) is 5.32 Å². The van der Waals surface area contributed by atoms with E-state index in [2.05, 4.69) is 54.5 Å². The highest BCUT2D eigenvalue weighted by Gasteiger charge is 2.37. The van der Waals surface area contributed by atoms with Crippen molar-refractivity contribution < 1.29 is 4.79 Å². The molecular weight excluding hydrogens is 354 g/mol. The van der Waals surface area contributed by atoms with Gasteiger partial charge in [-0.2, -0.15) is 0 Å². The Morgan fingerprint density at radius 3 is 2.85 bits per heavy atom. The van der Waals surface area contributed by atoms with Crippen LogP contribution in [0.25, 0.3) is 27.9 Å². The van der Waals surface area contributed by atoms with E-state index < -0.39 is 0 Å². The highest BCUT2D eigenvalue weighted by Crippen LogP contribution is 2.45. The van der Waals surface area contributed by atoms with Crippen molar-refractivity contribution in [3.05, 3.63) is 69.0 Å². The van der Waals surface area contributed by atoms with E-state index in [1.807, 2.05) is 22.5 Å². The molecule has 2 aromatic heterocycles. The van der Waals surface area contributed by atoms with Crippen molar-refractivity contribution in [3.8, 4) is 0 Å². The van der Waals surface area contributed by atoms with E-state index in [1.54, 1.807) is 0 Å². The molecule has 0 radical (unpaired) electrons. The summed E-state index contributed by atoms with van der Waals surface area (Å²) >= 11 is 1.49. The Bertz CT molecular complexity index is 1310. The molecule has 2 aliphatic rings. The van der Waals surface area contributed by atoms with Gasteiger partial charge in [-0.25, -0.2) is 0 Å². The Morgan fingerprint density at radius 1 is 1.11 bits per heavy atom. The Morgan fingerprint density at radius 2 is 1.96 bits per heavy atom. The van der Waals surface area contributed by atoms with Gasteiger partial charge in [0.1, 0.15) is 11.0 Å². The first-order valence-electron chi connectivity index (χ1n) is 9.03. The number of H-pyrrole nitrogens is 1. The number of nitrogens with zero attached hydrogens (tertiary/aromatic N) is 1. The first-order valence-corrected chi connectivity index (χ1v) is 9.91. The molecule has 1 amide bonds. The molecule has 2 N–H and O–H groups in total. The molecule has 2 aliphatic heterocycles. The van der Waals surface area contributed by atoms with Gasteiger partial charge < -0.3 is 10.3 Å². The molecule has 1 atom stereocenters. The van der Waals surface area contributed by atoms with Crippen LogP contribution in [0.15, 0.2) is 41.9 Å². The largest absolute Gasteiger partial charge is 0.360 e. The third kappa shape index (κ3) is 1.79. The number of benzene rings is 2. The number of hydrogen-bond acceptors (Lipinski definition) is 3. The first kappa shape index (κ1) is 15.1. The molecule has 0 spiro atoms. The Hall–Kier alpha value is -3.05. The fraction of sp³-hybridized carbons (Fsp3) is 0.136. The summed E-state index contributed by atoms with van der Waals surface area (Å²) in [6.07, 6.45) is 3.83. The van der Waals surface area contributed by atoms with Crippen LogP contribution in [-0.2, 0) is 0 Å². The normalized spacial score (nSPS) is 17.8. The molecule has 4 aromatic rings. The summed E-state index contributed by atoms with van der Waals surface area (Å²) < 4.78 is 0. The Kier molecular flexibility index (Phi) is 2.80. The molecule has 27 heavy (non-hydrogen) atoms. The number of aromatic nitrogens is 1. The monoisotopic (exact) mass is 371 g/mol. The van der Waals surface area contributed by atoms with Crippen molar-refractivity contribution >= 4 is 50.8 Å². The highest BCUT2D eigenvalue weighted by atomic mass is 32.1. The van der Waals surface area contributed by atoms with Crippen LogP contribution in [0, 0.1) is 13.8 Å². The zero-order valence-corrected chi connectivity index (χ0v) is 15.8. The first-order chi connectivity index (χ1) is 13.1. The van der Waals surface area contributed by atoms with Gasteiger partial charge in [0.15, 0.2) is 0 Å². The molecule has 0 saturated carbocycles. The van der Waals surface area contributed by atoms with E-state index in [0.717, 1.165) is 16.1 Å². The number of nitrogens with one attached hydrogen (secondary N) is 2. The molecule has 2 aromatic carbocycles. The lowest BCUT2D eigenvalue weighted by molar-refractivity contribution is 0.0775. The molecule has 5 heteroatoms. The lowest BCUT2D eigenvalue weighted by Crippen LogP contribution is -2.40. The van der Waals surface area contributed by atoms with Crippen molar-refractivity contribution in [1.29, 1.82) is 0 Å². The van der Waals surface area contributed by atoms with Crippen molar-refractivity contribution in [1.82, 2.24) is 9.88 Å². The standard InChI is InChI=1S/C22H17N3OS/c1-11-13-7-9-25-21(24-16-8-10-27-20(16)22(25)26)18(13)12(2)17-14-5-3-4-6-15(14)23-19(11)17/h3-10,21,23-24H,1-2H3. The molecule has 4 heterocycles. The lowest BCUT2D eigenvalue weighted by atomic mass is 9.88. The smallest absolute Gasteiger partial charge is 0.271 e. The third-order valence-electron chi connectivity index (χ3n) is 5.89. The molecule has 132 valence electrons. The zero-order valence-electron chi connectivity index (χ0n) is 15.0. The number of anilines is 1. The van der Waals surface area contributed by atoms with Gasteiger partial charge in [-0.05, 0) is 54.1 Å². The fourth-order valence-electron chi connectivity index (χ4n) is 4.61. The van der Waals surface area contributed by atoms with Gasteiger partial charge in [0.05, 0.1) is 11.2 Å². The molecule has 6 rings (SSSR count). The maximum absolute atomic E-state index is 13.0. The van der Waals surface area contributed by atoms with Gasteiger partial charge in [0, 0.05) is 28.1 Å². The maximum Gasteiger partial charge on any atom is 0.271 e. The topological polar surface area (TPSA) is 48.1 Å². The molecule has 0 aliphatic carbocycles. The lowest BCUT2D eigenvalue weighted by Gasteiger charge is -2.39. The average Bonchev–Trinajstić information content (AvgIpc) is 3.30. The Labute approximate surface area is 160 Å². The van der Waals surface area contributed by atoms with Crippen LogP contribution in [0.2, 0.25) is 0 Å². The summed E-state index contributed by atoms with van der Waals surface area (Å²) in [5.74, 6) is 0.0710. The number of fused-ring (bicyclic) bond motifs is 7. The average molecular weight is 371 g/mol. The molecule has 0 saturated heterocycles. The predicted octanol–water partition coefficient (Wildman–Crippen LogP) is 5.55. The maximum atomic E-state index is 13.0. The number of aryl methyl sites for hydroxylation is 2. The van der Waals surface area contributed by atoms with Gasteiger partial charge in [-0.1, -0.05) is 18.2 Å². The fourth-order valence-corrected chi connectivity index (χ4v) is 5.41. The van der Waals surface area contributed by atoms with Gasteiger partial charge >= 0.3 is 0 Å². The molecule has 0 fully saturated rings. The van der Waals surface area contributed by atoms with E-state index in [0.29, 0.717) is 0 Å². The van der Waals surface area contributed by atoms with Crippen molar-refractivity contribution in [2.45, 2.75) is 20.0 Å². The zero-order chi connectivity index (χ0) is 18.3. The summed E-state index contributed by atoms with van der Waals surface area (Å²) in [5, 5.41) is 8.05. The van der Waals surface area contributed by atoms with Crippen LogP contribution in [-0.4, -0.2) is 15.8 Å². The van der Waals surface area contributed by atoms with E-state index in [9.17, 15) is 4.79 Å². The van der Waals surface area contributed by atoms with Crippen LogP contribution in [0.1, 0.15) is 38.1 Å². The van der Waals surface area contributed by atoms with Crippen LogP contribution < -0.4 is 5.32 Å². The number of thiophene rings is 1. The number of aromatic amines is 1. The highest BCUT2D eigenvalue weighted by molar-refractivity contribution is 7.12. The molecule has 0 bridgehead atoms. The minimum absolute atomic E-state index is 0.0710. The number of rotatable bonds is 0. The number of hydrogen-bond donors (Lipinski definition) is 2. The SMILES string of the molecule is Cc1c2c(c(C)c3c1[nH]c1ccccc13)C1Nc3ccsc3C(=O)N1C=C2. The van der Waals surface area contributed by atoms with Crippen molar-refractivity contribution in [2.24, 2.45) is 0 Å². The number of carbonyl (C=O) groups is 1. The van der Waals surface area contributed by atoms with Crippen LogP contribution in [0.4, 0.5) is 5.69 Å². The van der Waals surface area contributed by atoms with Gasteiger partial charge in [0.2, 0.25) is 0 Å². The van der Waals surface area contributed by atoms with Crippen molar-refractivity contribution in [3.63, 3.8) is 0 Å². The van der Waals surface area contributed by atoms with E-state index in [-0.39, 0.29) is 12.1 Å². The second-order valence-electron chi connectivity index (χ2n) is 7.24. The van der Waals surface area contributed by atoms with E-state index >= 15 is 0 Å². The molecule has 4 nitrogen and oxygen atoms in total.